The van der Waals surface area contributed by atoms with Gasteiger partial charge in [-0.25, -0.2) is 15.0 Å². The summed E-state index contributed by atoms with van der Waals surface area (Å²) in [5.41, 5.74) is 3.00. The second-order valence-electron chi connectivity index (χ2n) is 7.94. The standard InChI is InChI=1S/C23H27N7O/c1-17-4-3-9-24-23(17)28-21-13-20(25-16-26-21)12-18-7-10-30(11-8-18)22(31)6-5-19-14-27-29(2)15-19/h3-6,9,13-16,18H,7-8,10-12H2,1-2H3,(H,24,25,26,28). The summed E-state index contributed by atoms with van der Waals surface area (Å²) in [5, 5.41) is 7.38. The van der Waals surface area contributed by atoms with Gasteiger partial charge in [0.1, 0.15) is 18.0 Å². The van der Waals surface area contributed by atoms with Gasteiger partial charge in [0, 0.05) is 55.9 Å². The van der Waals surface area contributed by atoms with E-state index in [1.165, 1.54) is 0 Å². The highest BCUT2D eigenvalue weighted by Crippen LogP contribution is 2.23. The number of anilines is 2. The smallest absolute Gasteiger partial charge is 0.246 e. The number of hydrogen-bond acceptors (Lipinski definition) is 6. The molecular formula is C23H27N7O. The summed E-state index contributed by atoms with van der Waals surface area (Å²) in [7, 11) is 1.86. The van der Waals surface area contributed by atoms with Gasteiger partial charge in [-0.2, -0.15) is 5.10 Å². The molecule has 1 fully saturated rings. The molecule has 0 radical (unpaired) electrons. The van der Waals surface area contributed by atoms with E-state index in [-0.39, 0.29) is 5.91 Å². The molecule has 1 N–H and O–H groups in total. The lowest BCUT2D eigenvalue weighted by Crippen LogP contribution is -2.38. The average molecular weight is 418 g/mol. The summed E-state index contributed by atoms with van der Waals surface area (Å²) in [6.07, 6.45) is 13.3. The van der Waals surface area contributed by atoms with Crippen LogP contribution in [0.1, 0.15) is 29.7 Å². The SMILES string of the molecule is Cc1cccnc1Nc1cc(CC2CCN(C(=O)C=Cc3cnn(C)c3)CC2)ncn1. The summed E-state index contributed by atoms with van der Waals surface area (Å²) in [6, 6.07) is 5.92. The highest BCUT2D eigenvalue weighted by molar-refractivity contribution is 5.91. The van der Waals surface area contributed by atoms with Gasteiger partial charge in [0.2, 0.25) is 5.91 Å². The van der Waals surface area contributed by atoms with Gasteiger partial charge in [-0.3, -0.25) is 9.48 Å². The number of rotatable bonds is 6. The van der Waals surface area contributed by atoms with Crippen molar-refractivity contribution < 1.29 is 4.79 Å². The van der Waals surface area contributed by atoms with Gasteiger partial charge in [0.15, 0.2) is 0 Å². The van der Waals surface area contributed by atoms with Gasteiger partial charge >= 0.3 is 0 Å². The van der Waals surface area contributed by atoms with E-state index in [4.69, 9.17) is 0 Å². The van der Waals surface area contributed by atoms with E-state index in [0.29, 0.717) is 5.92 Å². The number of likely N-dealkylation sites (tertiary alicyclic amines) is 1. The molecule has 3 aromatic rings. The Morgan fingerprint density at radius 3 is 2.84 bits per heavy atom. The Morgan fingerprint density at radius 2 is 2.10 bits per heavy atom. The quantitative estimate of drug-likeness (QED) is 0.620. The average Bonchev–Trinajstić information content (AvgIpc) is 3.20. The highest BCUT2D eigenvalue weighted by Gasteiger charge is 2.22. The summed E-state index contributed by atoms with van der Waals surface area (Å²) >= 11 is 0. The molecule has 0 aliphatic carbocycles. The topological polar surface area (TPSA) is 88.8 Å². The van der Waals surface area contributed by atoms with E-state index in [9.17, 15) is 4.79 Å². The van der Waals surface area contributed by atoms with Crippen LogP contribution in [0.5, 0.6) is 0 Å². The molecule has 1 amide bonds. The summed E-state index contributed by atoms with van der Waals surface area (Å²) in [6.45, 7) is 3.55. The molecule has 1 aliphatic heterocycles. The van der Waals surface area contributed by atoms with Crippen molar-refractivity contribution in [2.75, 3.05) is 18.4 Å². The molecule has 1 aliphatic rings. The zero-order valence-electron chi connectivity index (χ0n) is 17.9. The number of aromatic nitrogens is 5. The summed E-state index contributed by atoms with van der Waals surface area (Å²) in [4.78, 5) is 27.5. The maximum Gasteiger partial charge on any atom is 0.246 e. The minimum absolute atomic E-state index is 0.0570. The Kier molecular flexibility index (Phi) is 6.35. The van der Waals surface area contributed by atoms with Crippen molar-refractivity contribution in [3.63, 3.8) is 0 Å². The Labute approximate surface area is 182 Å². The molecule has 0 aromatic carbocycles. The third kappa shape index (κ3) is 5.53. The van der Waals surface area contributed by atoms with Crippen molar-refractivity contribution in [1.29, 1.82) is 0 Å². The van der Waals surface area contributed by atoms with Gasteiger partial charge in [0.05, 0.1) is 6.20 Å². The van der Waals surface area contributed by atoms with Crippen molar-refractivity contribution in [2.45, 2.75) is 26.2 Å². The molecule has 8 nitrogen and oxygen atoms in total. The molecule has 8 heteroatoms. The Bertz CT molecular complexity index is 1070. The van der Waals surface area contributed by atoms with Crippen molar-refractivity contribution in [2.24, 2.45) is 13.0 Å². The Balaban J connectivity index is 1.29. The summed E-state index contributed by atoms with van der Waals surface area (Å²) < 4.78 is 1.72. The monoisotopic (exact) mass is 417 g/mol. The number of carbonyl (C=O) groups excluding carboxylic acids is 1. The predicted octanol–water partition coefficient (Wildman–Crippen LogP) is 3.15. The molecule has 1 saturated heterocycles. The number of piperidine rings is 1. The minimum Gasteiger partial charge on any atom is -0.339 e. The van der Waals surface area contributed by atoms with E-state index >= 15 is 0 Å². The number of aryl methyl sites for hydroxylation is 2. The zero-order chi connectivity index (χ0) is 21.6. The van der Waals surface area contributed by atoms with E-state index in [1.807, 2.05) is 49.3 Å². The lowest BCUT2D eigenvalue weighted by atomic mass is 9.92. The van der Waals surface area contributed by atoms with Crippen LogP contribution in [0.25, 0.3) is 6.08 Å². The molecule has 31 heavy (non-hydrogen) atoms. The first-order chi connectivity index (χ1) is 15.1. The van der Waals surface area contributed by atoms with Crippen LogP contribution < -0.4 is 5.32 Å². The third-order valence-corrected chi connectivity index (χ3v) is 5.55. The van der Waals surface area contributed by atoms with Gasteiger partial charge in [0.25, 0.3) is 0 Å². The lowest BCUT2D eigenvalue weighted by molar-refractivity contribution is -0.127. The summed E-state index contributed by atoms with van der Waals surface area (Å²) in [5.74, 6) is 2.12. The minimum atomic E-state index is 0.0570. The van der Waals surface area contributed by atoms with Crippen LogP contribution in [0.15, 0.2) is 49.2 Å². The fourth-order valence-electron chi connectivity index (χ4n) is 3.77. The van der Waals surface area contributed by atoms with E-state index in [1.54, 1.807) is 29.5 Å². The number of carbonyl (C=O) groups is 1. The maximum atomic E-state index is 12.5. The molecule has 0 unspecified atom stereocenters. The number of hydrogen-bond donors (Lipinski definition) is 1. The number of pyridine rings is 1. The number of nitrogens with one attached hydrogen (secondary N) is 1. The van der Waals surface area contributed by atoms with Crippen LogP contribution in [0.4, 0.5) is 11.6 Å². The first kappa shape index (κ1) is 20.7. The van der Waals surface area contributed by atoms with Crippen molar-refractivity contribution in [3.05, 3.63) is 66.0 Å². The fourth-order valence-corrected chi connectivity index (χ4v) is 3.77. The van der Waals surface area contributed by atoms with Crippen LogP contribution in [-0.4, -0.2) is 48.6 Å². The van der Waals surface area contributed by atoms with Gasteiger partial charge in [-0.15, -0.1) is 0 Å². The fraction of sp³-hybridized carbons (Fsp3) is 0.348. The van der Waals surface area contributed by atoms with Crippen molar-refractivity contribution in [3.8, 4) is 0 Å². The molecule has 0 saturated carbocycles. The van der Waals surface area contributed by atoms with E-state index < -0.39 is 0 Å². The second kappa shape index (κ2) is 9.51. The van der Waals surface area contributed by atoms with Crippen LogP contribution >= 0.6 is 0 Å². The van der Waals surface area contributed by atoms with Crippen LogP contribution in [0.2, 0.25) is 0 Å². The van der Waals surface area contributed by atoms with Crippen LogP contribution in [0, 0.1) is 12.8 Å². The second-order valence-corrected chi connectivity index (χ2v) is 7.94. The molecular weight excluding hydrogens is 390 g/mol. The molecule has 0 bridgehead atoms. The molecule has 160 valence electrons. The molecule has 0 spiro atoms. The van der Waals surface area contributed by atoms with Crippen molar-refractivity contribution >= 4 is 23.6 Å². The van der Waals surface area contributed by atoms with Gasteiger partial charge in [-0.1, -0.05) is 6.07 Å². The predicted molar refractivity (Wildman–Crippen MR) is 120 cm³/mol. The lowest BCUT2D eigenvalue weighted by Gasteiger charge is -2.31. The first-order valence-corrected chi connectivity index (χ1v) is 10.5. The third-order valence-electron chi connectivity index (χ3n) is 5.55. The molecule has 3 aromatic heterocycles. The first-order valence-electron chi connectivity index (χ1n) is 10.5. The molecule has 0 atom stereocenters. The van der Waals surface area contributed by atoms with Crippen molar-refractivity contribution in [1.82, 2.24) is 29.6 Å². The Morgan fingerprint density at radius 1 is 1.26 bits per heavy atom. The Hall–Kier alpha value is -3.55. The molecule has 4 heterocycles. The van der Waals surface area contributed by atoms with E-state index in [2.05, 4.69) is 25.4 Å². The molecule has 4 rings (SSSR count). The highest BCUT2D eigenvalue weighted by atomic mass is 16.2. The number of nitrogens with zero attached hydrogens (tertiary/aromatic N) is 6. The number of amides is 1. The van der Waals surface area contributed by atoms with Gasteiger partial charge < -0.3 is 10.2 Å². The maximum absolute atomic E-state index is 12.5. The van der Waals surface area contributed by atoms with Crippen LogP contribution in [0.3, 0.4) is 0 Å². The largest absolute Gasteiger partial charge is 0.339 e. The normalized spacial score (nSPS) is 14.8. The van der Waals surface area contributed by atoms with E-state index in [0.717, 1.165) is 60.8 Å². The zero-order valence-corrected chi connectivity index (χ0v) is 17.9. The van der Waals surface area contributed by atoms with Crippen LogP contribution in [-0.2, 0) is 18.3 Å². The van der Waals surface area contributed by atoms with Gasteiger partial charge in [-0.05, 0) is 49.8 Å².